The van der Waals surface area contributed by atoms with Crippen molar-refractivity contribution in [2.75, 3.05) is 0 Å². The predicted molar refractivity (Wildman–Crippen MR) is 103 cm³/mol. The van der Waals surface area contributed by atoms with Gasteiger partial charge in [0, 0.05) is 22.2 Å². The SMILES string of the molecule is O=C1NC(=Cc2ccc(-c3cccc(Cl)c3)o2)C(=O)N1Cc1ccccc1F. The van der Waals surface area contributed by atoms with Gasteiger partial charge in [0.05, 0.1) is 6.54 Å². The molecule has 0 unspecified atom stereocenters. The van der Waals surface area contributed by atoms with E-state index in [2.05, 4.69) is 5.32 Å². The normalized spacial score (nSPS) is 15.4. The van der Waals surface area contributed by atoms with E-state index in [0.717, 1.165) is 10.5 Å². The minimum atomic E-state index is -0.610. The van der Waals surface area contributed by atoms with E-state index in [4.69, 9.17) is 16.0 Å². The highest BCUT2D eigenvalue weighted by molar-refractivity contribution is 6.30. The number of nitrogens with one attached hydrogen (secondary N) is 1. The second-order valence-corrected chi connectivity index (χ2v) is 6.62. The van der Waals surface area contributed by atoms with Crippen LogP contribution in [0.5, 0.6) is 0 Å². The minimum Gasteiger partial charge on any atom is -0.457 e. The van der Waals surface area contributed by atoms with Crippen LogP contribution in [0, 0.1) is 5.82 Å². The number of benzene rings is 2. The van der Waals surface area contributed by atoms with E-state index >= 15 is 0 Å². The van der Waals surface area contributed by atoms with Crippen molar-refractivity contribution < 1.29 is 18.4 Å². The molecule has 1 aliphatic rings. The lowest BCUT2D eigenvalue weighted by atomic mass is 10.2. The number of urea groups is 1. The highest BCUT2D eigenvalue weighted by Gasteiger charge is 2.34. The third kappa shape index (κ3) is 3.54. The van der Waals surface area contributed by atoms with Crippen molar-refractivity contribution in [1.82, 2.24) is 10.2 Å². The number of halogens is 2. The van der Waals surface area contributed by atoms with Gasteiger partial charge in [0.1, 0.15) is 23.0 Å². The average molecular weight is 397 g/mol. The van der Waals surface area contributed by atoms with E-state index in [0.29, 0.717) is 16.5 Å². The summed E-state index contributed by atoms with van der Waals surface area (Å²) in [6.45, 7) is -0.152. The quantitative estimate of drug-likeness (QED) is 0.507. The lowest BCUT2D eigenvalue weighted by Crippen LogP contribution is -2.30. The summed E-state index contributed by atoms with van der Waals surface area (Å²) in [7, 11) is 0. The van der Waals surface area contributed by atoms with E-state index in [-0.39, 0.29) is 17.8 Å². The van der Waals surface area contributed by atoms with Gasteiger partial charge in [-0.3, -0.25) is 9.69 Å². The van der Waals surface area contributed by atoms with Gasteiger partial charge in [-0.1, -0.05) is 41.9 Å². The Bertz CT molecular complexity index is 1110. The molecule has 4 rings (SSSR count). The molecule has 1 fully saturated rings. The van der Waals surface area contributed by atoms with Crippen LogP contribution in [-0.2, 0) is 11.3 Å². The Hall–Kier alpha value is -3.38. The Morgan fingerprint density at radius 3 is 2.68 bits per heavy atom. The molecule has 0 spiro atoms. The Labute approximate surface area is 165 Å². The maximum absolute atomic E-state index is 13.8. The van der Waals surface area contributed by atoms with Crippen LogP contribution in [0.25, 0.3) is 17.4 Å². The van der Waals surface area contributed by atoms with Crippen LogP contribution in [0.4, 0.5) is 9.18 Å². The molecule has 2 aromatic carbocycles. The second-order valence-electron chi connectivity index (χ2n) is 6.18. The van der Waals surface area contributed by atoms with Crippen LogP contribution in [-0.4, -0.2) is 16.8 Å². The van der Waals surface area contributed by atoms with E-state index < -0.39 is 17.8 Å². The minimum absolute atomic E-state index is 0.0633. The van der Waals surface area contributed by atoms with Crippen molar-refractivity contribution in [3.63, 3.8) is 0 Å². The first kappa shape index (κ1) is 18.0. The number of hydrogen-bond donors (Lipinski definition) is 1. The molecule has 28 heavy (non-hydrogen) atoms. The van der Waals surface area contributed by atoms with Gasteiger partial charge in [-0.05, 0) is 30.3 Å². The molecule has 0 radical (unpaired) electrons. The van der Waals surface area contributed by atoms with Crippen molar-refractivity contribution in [2.24, 2.45) is 0 Å². The number of hydrogen-bond acceptors (Lipinski definition) is 3. The summed E-state index contributed by atoms with van der Waals surface area (Å²) in [6.07, 6.45) is 1.44. The zero-order valence-electron chi connectivity index (χ0n) is 14.5. The third-order valence-electron chi connectivity index (χ3n) is 4.27. The molecule has 140 valence electrons. The van der Waals surface area contributed by atoms with Gasteiger partial charge >= 0.3 is 6.03 Å². The first-order valence-corrected chi connectivity index (χ1v) is 8.83. The molecular formula is C21H14ClFN2O3. The summed E-state index contributed by atoms with van der Waals surface area (Å²) in [5, 5.41) is 3.07. The summed E-state index contributed by atoms with van der Waals surface area (Å²) >= 11 is 5.99. The van der Waals surface area contributed by atoms with Gasteiger partial charge in [-0.2, -0.15) is 0 Å². The number of carbonyl (C=O) groups excluding carboxylic acids is 2. The maximum Gasteiger partial charge on any atom is 0.329 e. The number of carbonyl (C=O) groups is 2. The Morgan fingerprint density at radius 2 is 1.89 bits per heavy atom. The monoisotopic (exact) mass is 396 g/mol. The molecule has 2 heterocycles. The molecule has 0 aliphatic carbocycles. The Kier molecular flexibility index (Phi) is 4.71. The molecule has 1 aliphatic heterocycles. The van der Waals surface area contributed by atoms with Gasteiger partial charge in [0.2, 0.25) is 0 Å². The molecule has 7 heteroatoms. The van der Waals surface area contributed by atoms with Gasteiger partial charge < -0.3 is 9.73 Å². The second kappa shape index (κ2) is 7.32. The molecule has 1 N–H and O–H groups in total. The standard InChI is InChI=1S/C21H14ClFN2O3/c22-15-6-3-5-13(10-15)19-9-8-16(28-19)11-18-20(26)25(21(27)24-18)12-14-4-1-2-7-17(14)23/h1-11H,12H2,(H,24,27). The summed E-state index contributed by atoms with van der Waals surface area (Å²) in [6, 6.07) is 16.0. The lowest BCUT2D eigenvalue weighted by Gasteiger charge is -2.12. The molecule has 0 saturated carbocycles. The van der Waals surface area contributed by atoms with Crippen LogP contribution in [0.15, 0.2) is 70.8 Å². The molecule has 3 aromatic rings. The number of nitrogens with zero attached hydrogens (tertiary/aromatic N) is 1. The van der Waals surface area contributed by atoms with Crippen LogP contribution in [0.3, 0.4) is 0 Å². The van der Waals surface area contributed by atoms with E-state index in [1.165, 1.54) is 18.2 Å². The smallest absolute Gasteiger partial charge is 0.329 e. The van der Waals surface area contributed by atoms with Crippen LogP contribution >= 0.6 is 11.6 Å². The van der Waals surface area contributed by atoms with Crippen molar-refractivity contribution in [2.45, 2.75) is 6.54 Å². The van der Waals surface area contributed by atoms with Gasteiger partial charge in [-0.25, -0.2) is 9.18 Å². The fourth-order valence-electron chi connectivity index (χ4n) is 2.88. The Balaban J connectivity index is 1.55. The summed E-state index contributed by atoms with van der Waals surface area (Å²) in [5.74, 6) is -0.0487. The molecule has 1 saturated heterocycles. The zero-order valence-corrected chi connectivity index (χ0v) is 15.2. The fourth-order valence-corrected chi connectivity index (χ4v) is 3.07. The topological polar surface area (TPSA) is 62.6 Å². The van der Waals surface area contributed by atoms with E-state index in [1.807, 2.05) is 6.07 Å². The largest absolute Gasteiger partial charge is 0.457 e. The fraction of sp³-hybridized carbons (Fsp3) is 0.0476. The number of furan rings is 1. The van der Waals surface area contributed by atoms with Gasteiger partial charge in [0.15, 0.2) is 0 Å². The van der Waals surface area contributed by atoms with E-state index in [1.54, 1.807) is 42.5 Å². The summed E-state index contributed by atoms with van der Waals surface area (Å²) < 4.78 is 19.6. The van der Waals surface area contributed by atoms with Crippen LogP contribution < -0.4 is 5.32 Å². The first-order chi connectivity index (χ1) is 13.5. The average Bonchev–Trinajstić information content (AvgIpc) is 3.24. The number of amides is 3. The molecule has 0 bridgehead atoms. The lowest BCUT2D eigenvalue weighted by molar-refractivity contribution is -0.123. The predicted octanol–water partition coefficient (Wildman–Crippen LogP) is 4.83. The maximum atomic E-state index is 13.8. The van der Waals surface area contributed by atoms with Gasteiger partial charge in [-0.15, -0.1) is 0 Å². The first-order valence-electron chi connectivity index (χ1n) is 8.45. The van der Waals surface area contributed by atoms with Crippen molar-refractivity contribution in [3.8, 4) is 11.3 Å². The van der Waals surface area contributed by atoms with Crippen molar-refractivity contribution >= 4 is 29.6 Å². The zero-order chi connectivity index (χ0) is 19.7. The third-order valence-corrected chi connectivity index (χ3v) is 4.51. The molecule has 3 amide bonds. The number of rotatable bonds is 4. The highest BCUT2D eigenvalue weighted by atomic mass is 35.5. The molecular weight excluding hydrogens is 383 g/mol. The number of imide groups is 1. The van der Waals surface area contributed by atoms with Crippen molar-refractivity contribution in [1.29, 1.82) is 0 Å². The Morgan fingerprint density at radius 1 is 1.07 bits per heavy atom. The summed E-state index contributed by atoms with van der Waals surface area (Å²) in [5.41, 5.74) is 1.11. The van der Waals surface area contributed by atoms with E-state index in [9.17, 15) is 14.0 Å². The van der Waals surface area contributed by atoms with Gasteiger partial charge in [0.25, 0.3) is 5.91 Å². The van der Waals surface area contributed by atoms with Crippen molar-refractivity contribution in [3.05, 3.63) is 88.5 Å². The summed E-state index contributed by atoms with van der Waals surface area (Å²) in [4.78, 5) is 25.7. The van der Waals surface area contributed by atoms with Crippen LogP contribution in [0.1, 0.15) is 11.3 Å². The highest BCUT2D eigenvalue weighted by Crippen LogP contribution is 2.26. The molecule has 0 atom stereocenters. The van der Waals surface area contributed by atoms with Crippen LogP contribution in [0.2, 0.25) is 5.02 Å². The molecule has 1 aromatic heterocycles. The molecule has 5 nitrogen and oxygen atoms in total.